The number of para-hydroxylation sites is 2. The summed E-state index contributed by atoms with van der Waals surface area (Å²) in [5.74, 6) is -0.130. The number of nitrogens with zero attached hydrogens (tertiary/aromatic N) is 3. The summed E-state index contributed by atoms with van der Waals surface area (Å²) in [5.41, 5.74) is 1.87. The molecule has 0 radical (unpaired) electrons. The van der Waals surface area contributed by atoms with Crippen LogP contribution in [-0.4, -0.2) is 83.7 Å². The second-order valence-corrected chi connectivity index (χ2v) is 11.8. The number of benzene rings is 3. The number of aliphatic hydroxyl groups excluding tert-OH is 1. The van der Waals surface area contributed by atoms with Crippen molar-refractivity contribution in [1.29, 1.82) is 0 Å². The van der Waals surface area contributed by atoms with Crippen LogP contribution in [0.3, 0.4) is 0 Å². The number of aliphatic hydroxyl groups is 1. The summed E-state index contributed by atoms with van der Waals surface area (Å²) in [4.78, 5) is 47.8. The van der Waals surface area contributed by atoms with E-state index in [1.54, 1.807) is 68.4 Å². The number of hydrogen-bond donors (Lipinski definition) is 3. The molecular weight excluding hydrogens is 582 g/mol. The quantitative estimate of drug-likeness (QED) is 0.255. The topological polar surface area (TPSA) is 133 Å². The van der Waals surface area contributed by atoms with Crippen LogP contribution in [0.15, 0.2) is 66.7 Å². The maximum atomic E-state index is 13.8. The molecule has 0 saturated carbocycles. The average Bonchev–Trinajstić information content (AvgIpc) is 3.47. The van der Waals surface area contributed by atoms with Gasteiger partial charge in [0.05, 0.1) is 47.8 Å². The van der Waals surface area contributed by atoms with Crippen molar-refractivity contribution in [1.82, 2.24) is 14.8 Å². The van der Waals surface area contributed by atoms with Crippen LogP contribution in [0.4, 0.5) is 16.2 Å². The first-order chi connectivity index (χ1) is 21.2. The van der Waals surface area contributed by atoms with Crippen LogP contribution in [-0.2, 0) is 0 Å². The van der Waals surface area contributed by atoms with Crippen molar-refractivity contribution in [3.63, 3.8) is 0 Å². The molecule has 3 N–H and O–H groups in total. The molecule has 1 aromatic heterocycles. The standard InChI is InChI=1S/C32H35N5O6S/c1-19-16-37(20(2)18-38)31(40)23-8-7-10-25(34-29(39)30-35-24-9-5-6-11-27(24)44-30)28(23)43-26(19)17-36(3)32(41)33-21-12-14-22(42-4)15-13-21/h5-15,19-20,26,38H,16-18H2,1-4H3,(H,33,41)(H,34,39)/t19-,20+,26-/m0/s1. The second kappa shape index (κ2) is 13.3. The summed E-state index contributed by atoms with van der Waals surface area (Å²) in [5, 5.41) is 16.0. The highest BCUT2D eigenvalue weighted by molar-refractivity contribution is 7.20. The Hall–Kier alpha value is -4.68. The summed E-state index contributed by atoms with van der Waals surface area (Å²) in [6.07, 6.45) is -0.567. The number of rotatable bonds is 8. The van der Waals surface area contributed by atoms with Crippen LogP contribution in [0, 0.1) is 5.92 Å². The first-order valence-electron chi connectivity index (χ1n) is 14.2. The molecule has 0 bridgehead atoms. The molecular formula is C32H35N5O6S. The monoisotopic (exact) mass is 617 g/mol. The third-order valence-electron chi connectivity index (χ3n) is 7.57. The molecule has 0 spiro atoms. The van der Waals surface area contributed by atoms with Crippen LogP contribution < -0.4 is 20.1 Å². The summed E-state index contributed by atoms with van der Waals surface area (Å²) in [7, 11) is 3.23. The number of carbonyl (C=O) groups is 3. The molecule has 0 fully saturated rings. The number of aromatic nitrogens is 1. The minimum atomic E-state index is -0.567. The van der Waals surface area contributed by atoms with E-state index in [0.717, 1.165) is 10.2 Å². The zero-order valence-electron chi connectivity index (χ0n) is 24.9. The zero-order valence-corrected chi connectivity index (χ0v) is 25.8. The molecule has 0 saturated heterocycles. The molecule has 0 unspecified atom stereocenters. The zero-order chi connectivity index (χ0) is 31.4. The van der Waals surface area contributed by atoms with Gasteiger partial charge >= 0.3 is 6.03 Å². The van der Waals surface area contributed by atoms with Crippen molar-refractivity contribution in [2.75, 3.05) is 44.5 Å². The molecule has 5 rings (SSSR count). The van der Waals surface area contributed by atoms with Gasteiger partial charge in [0.1, 0.15) is 11.9 Å². The molecule has 11 nitrogen and oxygen atoms in total. The Bertz CT molecular complexity index is 1630. The molecule has 0 aliphatic carbocycles. The summed E-state index contributed by atoms with van der Waals surface area (Å²) in [6, 6.07) is 18.6. The number of nitrogens with one attached hydrogen (secondary N) is 2. The van der Waals surface area contributed by atoms with Crippen LogP contribution >= 0.6 is 11.3 Å². The van der Waals surface area contributed by atoms with E-state index in [9.17, 15) is 19.5 Å². The maximum absolute atomic E-state index is 13.8. The number of thiazole rings is 1. The van der Waals surface area contributed by atoms with Crippen molar-refractivity contribution in [2.24, 2.45) is 5.92 Å². The van der Waals surface area contributed by atoms with Crippen molar-refractivity contribution in [2.45, 2.75) is 26.0 Å². The third-order valence-corrected chi connectivity index (χ3v) is 8.60. The average molecular weight is 618 g/mol. The van der Waals surface area contributed by atoms with Crippen LogP contribution in [0.1, 0.15) is 34.0 Å². The van der Waals surface area contributed by atoms with Gasteiger partial charge in [0, 0.05) is 25.2 Å². The fraction of sp³-hybridized carbons (Fsp3) is 0.312. The van der Waals surface area contributed by atoms with E-state index < -0.39 is 18.1 Å². The molecule has 1 aliphatic heterocycles. The Morgan fingerprint density at radius 2 is 1.89 bits per heavy atom. The van der Waals surface area contributed by atoms with Gasteiger partial charge in [-0.25, -0.2) is 9.78 Å². The van der Waals surface area contributed by atoms with E-state index >= 15 is 0 Å². The molecule has 12 heteroatoms. The van der Waals surface area contributed by atoms with Crippen molar-refractivity contribution < 1.29 is 29.0 Å². The molecule has 44 heavy (non-hydrogen) atoms. The predicted octanol–water partition coefficient (Wildman–Crippen LogP) is 4.94. The van der Waals surface area contributed by atoms with Crippen LogP contribution in [0.5, 0.6) is 11.5 Å². The highest BCUT2D eigenvalue weighted by atomic mass is 32.1. The number of fused-ring (bicyclic) bond motifs is 2. The first-order valence-corrected chi connectivity index (χ1v) is 15.0. The Morgan fingerprint density at radius 1 is 1.14 bits per heavy atom. The van der Waals surface area contributed by atoms with E-state index in [-0.39, 0.29) is 47.3 Å². The lowest BCUT2D eigenvalue weighted by molar-refractivity contribution is 0.0372. The minimum Gasteiger partial charge on any atom is -0.497 e. The number of amides is 4. The van der Waals surface area contributed by atoms with Gasteiger partial charge in [-0.05, 0) is 55.5 Å². The Labute approximate surface area is 259 Å². The number of hydrogen-bond acceptors (Lipinski definition) is 8. The Balaban J connectivity index is 1.43. The van der Waals surface area contributed by atoms with Gasteiger partial charge in [-0.3, -0.25) is 9.59 Å². The van der Waals surface area contributed by atoms with Gasteiger partial charge in [-0.1, -0.05) is 25.1 Å². The second-order valence-electron chi connectivity index (χ2n) is 10.8. The van der Waals surface area contributed by atoms with Gasteiger partial charge in [0.25, 0.3) is 11.8 Å². The highest BCUT2D eigenvalue weighted by Crippen LogP contribution is 2.35. The van der Waals surface area contributed by atoms with Gasteiger partial charge in [-0.2, -0.15) is 0 Å². The van der Waals surface area contributed by atoms with Crippen LogP contribution in [0.25, 0.3) is 10.2 Å². The predicted molar refractivity (Wildman–Crippen MR) is 170 cm³/mol. The number of methoxy groups -OCH3 is 1. The number of carbonyl (C=O) groups excluding carboxylic acids is 3. The third kappa shape index (κ3) is 6.61. The highest BCUT2D eigenvalue weighted by Gasteiger charge is 2.35. The normalized spacial score (nSPS) is 17.1. The Morgan fingerprint density at radius 3 is 2.59 bits per heavy atom. The lowest BCUT2D eigenvalue weighted by Gasteiger charge is -2.38. The molecule has 4 amide bonds. The number of ether oxygens (including phenoxy) is 2. The first kappa shape index (κ1) is 30.8. The largest absolute Gasteiger partial charge is 0.497 e. The number of urea groups is 1. The summed E-state index contributed by atoms with van der Waals surface area (Å²) in [6.45, 7) is 3.95. The SMILES string of the molecule is COc1ccc(NC(=O)N(C)C[C@@H]2Oc3c(NC(=O)c4nc5ccccc5s4)cccc3C(=O)N([C@H](C)CO)C[C@@H]2C)cc1. The van der Waals surface area contributed by atoms with Crippen molar-refractivity contribution >= 4 is 50.8 Å². The van der Waals surface area contributed by atoms with E-state index in [1.807, 2.05) is 31.2 Å². The maximum Gasteiger partial charge on any atom is 0.321 e. The van der Waals surface area contributed by atoms with Gasteiger partial charge < -0.3 is 35.0 Å². The molecule has 3 atom stereocenters. The van der Waals surface area contributed by atoms with Crippen LogP contribution in [0.2, 0.25) is 0 Å². The fourth-order valence-electron chi connectivity index (χ4n) is 4.95. The van der Waals surface area contributed by atoms with Gasteiger partial charge in [0.2, 0.25) is 0 Å². The smallest absolute Gasteiger partial charge is 0.321 e. The summed E-state index contributed by atoms with van der Waals surface area (Å²) < 4.78 is 12.6. The fourth-order valence-corrected chi connectivity index (χ4v) is 5.81. The molecule has 230 valence electrons. The van der Waals surface area contributed by atoms with Gasteiger partial charge in [-0.15, -0.1) is 11.3 Å². The molecule has 2 heterocycles. The number of anilines is 2. The van der Waals surface area contributed by atoms with Crippen molar-refractivity contribution in [3.05, 3.63) is 77.3 Å². The molecule has 3 aromatic carbocycles. The van der Waals surface area contributed by atoms with E-state index in [4.69, 9.17) is 9.47 Å². The lowest BCUT2D eigenvalue weighted by Crippen LogP contribution is -2.50. The lowest BCUT2D eigenvalue weighted by atomic mass is 9.99. The molecule has 1 aliphatic rings. The Kier molecular flexibility index (Phi) is 9.31. The van der Waals surface area contributed by atoms with E-state index in [1.165, 1.54) is 16.2 Å². The minimum absolute atomic E-state index is 0.179. The summed E-state index contributed by atoms with van der Waals surface area (Å²) >= 11 is 1.27. The van der Waals surface area contributed by atoms with Gasteiger partial charge in [0.15, 0.2) is 10.8 Å². The molecule has 4 aromatic rings. The van der Waals surface area contributed by atoms with E-state index in [0.29, 0.717) is 23.7 Å². The van der Waals surface area contributed by atoms with Crippen molar-refractivity contribution in [3.8, 4) is 11.5 Å². The van der Waals surface area contributed by atoms with E-state index in [2.05, 4.69) is 15.6 Å². The number of likely N-dealkylation sites (N-methyl/N-ethyl adjacent to an activating group) is 1.